The molecule has 0 radical (unpaired) electrons. The number of piperidine rings is 1. The number of carbonyl (C=O) groups is 5. The van der Waals surface area contributed by atoms with Crippen LogP contribution < -0.4 is 10.1 Å². The van der Waals surface area contributed by atoms with E-state index in [4.69, 9.17) is 4.74 Å². The molecule has 0 bridgehead atoms. The molecule has 4 heterocycles. The molecule has 4 fully saturated rings. The summed E-state index contributed by atoms with van der Waals surface area (Å²) >= 11 is 0. The minimum atomic E-state index is -0.641. The van der Waals surface area contributed by atoms with Crippen molar-refractivity contribution in [3.8, 4) is 5.75 Å². The van der Waals surface area contributed by atoms with Crippen LogP contribution in [-0.4, -0.2) is 107 Å². The molecule has 1 aromatic rings. The molecule has 5 amide bonds. The summed E-state index contributed by atoms with van der Waals surface area (Å²) in [5.41, 5.74) is 0.767. The van der Waals surface area contributed by atoms with Crippen LogP contribution in [0.3, 0.4) is 0 Å². The maximum absolute atomic E-state index is 13.5. The zero-order valence-corrected chi connectivity index (χ0v) is 21.9. The summed E-state index contributed by atoms with van der Waals surface area (Å²) < 4.78 is 5.33. The van der Waals surface area contributed by atoms with E-state index in [1.165, 1.54) is 6.92 Å². The lowest BCUT2D eigenvalue weighted by Gasteiger charge is -2.35. The number of benzene rings is 1. The molecule has 4 aliphatic heterocycles. The second-order valence-electron chi connectivity index (χ2n) is 10.6. The molecule has 1 aromatic carbocycles. The van der Waals surface area contributed by atoms with Gasteiger partial charge in [-0.1, -0.05) is 18.2 Å². The van der Waals surface area contributed by atoms with Crippen molar-refractivity contribution in [1.82, 2.24) is 24.9 Å². The van der Waals surface area contributed by atoms with Gasteiger partial charge < -0.3 is 29.7 Å². The van der Waals surface area contributed by atoms with Gasteiger partial charge in [-0.05, 0) is 25.3 Å². The topological polar surface area (TPSA) is 120 Å². The number of methoxy groups -OCH3 is 1. The number of rotatable bonds is 5. The minimum absolute atomic E-state index is 0.0121. The van der Waals surface area contributed by atoms with Crippen molar-refractivity contribution in [3.05, 3.63) is 29.8 Å². The van der Waals surface area contributed by atoms with Gasteiger partial charge in [0.2, 0.25) is 29.5 Å². The van der Waals surface area contributed by atoms with E-state index in [0.717, 1.165) is 5.56 Å². The number of hydrogen-bond donors (Lipinski definition) is 1. The third kappa shape index (κ3) is 4.93. The second kappa shape index (κ2) is 10.6. The first-order valence-electron chi connectivity index (χ1n) is 13.3. The van der Waals surface area contributed by atoms with Crippen molar-refractivity contribution in [2.75, 3.05) is 39.8 Å². The Morgan fingerprint density at radius 2 is 1.76 bits per heavy atom. The Bertz CT molecular complexity index is 1130. The normalized spacial score (nSPS) is 25.7. The molecule has 5 rings (SSSR count). The van der Waals surface area contributed by atoms with Crippen LogP contribution >= 0.6 is 0 Å². The van der Waals surface area contributed by atoms with Crippen LogP contribution in [0.25, 0.3) is 0 Å². The fourth-order valence-electron chi connectivity index (χ4n) is 6.31. The lowest BCUT2D eigenvalue weighted by Crippen LogP contribution is -2.49. The predicted molar refractivity (Wildman–Crippen MR) is 136 cm³/mol. The summed E-state index contributed by atoms with van der Waals surface area (Å²) in [7, 11) is 1.56. The molecule has 11 heteroatoms. The zero-order chi connectivity index (χ0) is 27.0. The quantitative estimate of drug-likeness (QED) is 0.577. The fourth-order valence-corrected chi connectivity index (χ4v) is 6.31. The van der Waals surface area contributed by atoms with Crippen LogP contribution in [0.5, 0.6) is 5.75 Å². The van der Waals surface area contributed by atoms with E-state index in [1.54, 1.807) is 32.8 Å². The molecule has 1 N–H and O–H groups in total. The maximum atomic E-state index is 13.5. The molecule has 0 aromatic heterocycles. The van der Waals surface area contributed by atoms with Crippen molar-refractivity contribution >= 4 is 29.5 Å². The van der Waals surface area contributed by atoms with E-state index >= 15 is 0 Å². The van der Waals surface area contributed by atoms with Gasteiger partial charge >= 0.3 is 0 Å². The maximum Gasteiger partial charge on any atom is 0.247 e. The largest absolute Gasteiger partial charge is 0.496 e. The lowest BCUT2D eigenvalue weighted by molar-refractivity contribution is -0.144. The average Bonchev–Trinajstić information content (AvgIpc) is 3.50. The third-order valence-corrected chi connectivity index (χ3v) is 8.33. The molecular formula is C27H35N5O6. The molecule has 11 nitrogen and oxygen atoms in total. The van der Waals surface area contributed by atoms with Crippen molar-refractivity contribution < 1.29 is 28.7 Å². The van der Waals surface area contributed by atoms with E-state index in [9.17, 15) is 24.0 Å². The van der Waals surface area contributed by atoms with Gasteiger partial charge in [-0.15, -0.1) is 0 Å². The number of ether oxygens (including phenoxy) is 1. The van der Waals surface area contributed by atoms with Crippen LogP contribution in [0, 0.1) is 5.92 Å². The van der Waals surface area contributed by atoms with Crippen LogP contribution in [-0.2, 0) is 30.4 Å². The van der Waals surface area contributed by atoms with Crippen LogP contribution in [0.15, 0.2) is 24.3 Å². The summed E-state index contributed by atoms with van der Waals surface area (Å²) in [6.07, 6.45) is 1.16. The monoisotopic (exact) mass is 525 g/mol. The van der Waals surface area contributed by atoms with E-state index in [2.05, 4.69) is 5.32 Å². The lowest BCUT2D eigenvalue weighted by atomic mass is 9.95. The van der Waals surface area contributed by atoms with Gasteiger partial charge in [-0.3, -0.25) is 24.0 Å². The Kier molecular flexibility index (Phi) is 7.27. The number of fused-ring (bicyclic) bond motifs is 2. The Morgan fingerprint density at radius 3 is 2.47 bits per heavy atom. The molecule has 0 saturated carbocycles. The number of likely N-dealkylation sites (tertiary alicyclic amines) is 1. The molecule has 0 spiro atoms. The number of amides is 5. The molecule has 38 heavy (non-hydrogen) atoms. The number of carbonyl (C=O) groups excluding carboxylic acids is 5. The van der Waals surface area contributed by atoms with Crippen molar-refractivity contribution in [1.29, 1.82) is 0 Å². The van der Waals surface area contributed by atoms with Crippen LogP contribution in [0.4, 0.5) is 0 Å². The van der Waals surface area contributed by atoms with Gasteiger partial charge in [0, 0.05) is 57.2 Å². The van der Waals surface area contributed by atoms with Crippen LogP contribution in [0.1, 0.15) is 38.2 Å². The number of nitrogens with zero attached hydrogens (tertiary/aromatic N) is 4. The first-order chi connectivity index (χ1) is 18.3. The second-order valence-corrected chi connectivity index (χ2v) is 10.6. The standard InChI is InChI=1S/C27H35N5O6/c1-17(33)29-9-7-18(8-10-29)26(36)30-11-12-31-24(30)15-25(35)32-16-20(14-21(32)27(31)37)28-23(34)13-19-5-3-4-6-22(19)38-2/h3-6,18,20-21,24H,7-16H2,1-2H3,(H,28,34). The van der Waals surface area contributed by atoms with E-state index in [-0.39, 0.29) is 60.9 Å². The summed E-state index contributed by atoms with van der Waals surface area (Å²) in [5, 5.41) is 2.99. The van der Waals surface area contributed by atoms with Gasteiger partial charge in [-0.2, -0.15) is 0 Å². The third-order valence-electron chi connectivity index (χ3n) is 8.33. The smallest absolute Gasteiger partial charge is 0.247 e. The molecule has 0 aliphatic carbocycles. The summed E-state index contributed by atoms with van der Waals surface area (Å²) in [6, 6.07) is 6.36. The van der Waals surface area contributed by atoms with Crippen molar-refractivity contribution in [2.24, 2.45) is 5.92 Å². The highest BCUT2D eigenvalue weighted by atomic mass is 16.5. The average molecular weight is 526 g/mol. The summed E-state index contributed by atoms with van der Waals surface area (Å²) in [5.74, 6) is -0.127. The summed E-state index contributed by atoms with van der Waals surface area (Å²) in [6.45, 7) is 3.69. The number of hydrogen-bond acceptors (Lipinski definition) is 6. The molecule has 4 aliphatic rings. The Balaban J connectivity index is 1.21. The van der Waals surface area contributed by atoms with E-state index in [0.29, 0.717) is 51.2 Å². The van der Waals surface area contributed by atoms with Gasteiger partial charge in [0.05, 0.1) is 20.0 Å². The highest BCUT2D eigenvalue weighted by Gasteiger charge is 2.51. The Labute approximate surface area is 222 Å². The first kappa shape index (κ1) is 26.0. The summed E-state index contributed by atoms with van der Waals surface area (Å²) in [4.78, 5) is 71.3. The SMILES string of the molecule is COc1ccccc1CC(=O)NC1CC2C(=O)N3CCN(C(=O)C4CCN(C(C)=O)CC4)C3CC(=O)N2C1. The van der Waals surface area contributed by atoms with E-state index < -0.39 is 12.2 Å². The van der Waals surface area contributed by atoms with Gasteiger partial charge in [-0.25, -0.2) is 0 Å². The highest BCUT2D eigenvalue weighted by molar-refractivity contribution is 5.93. The number of para-hydroxylation sites is 1. The molecule has 204 valence electrons. The van der Waals surface area contributed by atoms with Gasteiger partial charge in [0.1, 0.15) is 18.0 Å². The predicted octanol–water partition coefficient (Wildman–Crippen LogP) is -0.0175. The Morgan fingerprint density at radius 1 is 1.03 bits per heavy atom. The molecule has 4 saturated heterocycles. The Hall–Kier alpha value is -3.63. The van der Waals surface area contributed by atoms with Gasteiger partial charge in [0.15, 0.2) is 0 Å². The molecule has 3 atom stereocenters. The van der Waals surface area contributed by atoms with Gasteiger partial charge in [0.25, 0.3) is 0 Å². The van der Waals surface area contributed by atoms with Crippen molar-refractivity contribution in [2.45, 2.75) is 57.3 Å². The highest BCUT2D eigenvalue weighted by Crippen LogP contribution is 2.32. The molecular weight excluding hydrogens is 490 g/mol. The zero-order valence-electron chi connectivity index (χ0n) is 21.9. The fraction of sp³-hybridized carbons (Fsp3) is 0.593. The molecule has 3 unspecified atom stereocenters. The number of nitrogens with one attached hydrogen (secondary N) is 1. The first-order valence-corrected chi connectivity index (χ1v) is 13.3. The minimum Gasteiger partial charge on any atom is -0.496 e. The van der Waals surface area contributed by atoms with E-state index in [1.807, 2.05) is 18.2 Å². The van der Waals surface area contributed by atoms with Crippen molar-refractivity contribution in [3.63, 3.8) is 0 Å². The van der Waals surface area contributed by atoms with Crippen LogP contribution in [0.2, 0.25) is 0 Å².